The van der Waals surface area contributed by atoms with Crippen molar-refractivity contribution < 1.29 is 4.39 Å². The minimum atomic E-state index is -0.255. The minimum Gasteiger partial charge on any atom is -0.362 e. The molecule has 0 spiro atoms. The maximum Gasteiger partial charge on any atom is 0.170 e. The lowest BCUT2D eigenvalue weighted by atomic mass is 10.2. The molecule has 0 saturated carbocycles. The highest BCUT2D eigenvalue weighted by atomic mass is 32.1. The highest BCUT2D eigenvalue weighted by molar-refractivity contribution is 7.80. The van der Waals surface area contributed by atoms with E-state index in [2.05, 4.69) is 24.5 Å². The molecule has 0 radical (unpaired) electrons. The van der Waals surface area contributed by atoms with Crippen LogP contribution >= 0.6 is 12.2 Å². The highest BCUT2D eigenvalue weighted by Gasteiger charge is 2.01. The number of halogens is 1. The summed E-state index contributed by atoms with van der Waals surface area (Å²) in [6.07, 6.45) is 0. The van der Waals surface area contributed by atoms with Gasteiger partial charge in [0.2, 0.25) is 0 Å². The third kappa shape index (κ3) is 4.57. The highest BCUT2D eigenvalue weighted by Crippen LogP contribution is 2.12. The molecule has 0 saturated heterocycles. The summed E-state index contributed by atoms with van der Waals surface area (Å²) in [5.74, 6) is 0.267. The van der Waals surface area contributed by atoms with Crippen LogP contribution in [0.4, 0.5) is 10.1 Å². The summed E-state index contributed by atoms with van der Waals surface area (Å²) in [5, 5.41) is 6.55. The molecule has 0 atom stereocenters. The van der Waals surface area contributed by atoms with Crippen LogP contribution in [0.25, 0.3) is 0 Å². The topological polar surface area (TPSA) is 24.1 Å². The molecule has 16 heavy (non-hydrogen) atoms. The molecule has 0 heterocycles. The summed E-state index contributed by atoms with van der Waals surface area (Å²) in [6, 6.07) is 4.76. The quantitative estimate of drug-likeness (QED) is 0.794. The fourth-order valence-corrected chi connectivity index (χ4v) is 1.48. The van der Waals surface area contributed by atoms with Crippen LogP contribution in [0.3, 0.4) is 0 Å². The first-order valence-corrected chi connectivity index (χ1v) is 5.70. The fourth-order valence-electron chi connectivity index (χ4n) is 1.28. The average Bonchev–Trinajstić information content (AvgIpc) is 2.12. The van der Waals surface area contributed by atoms with Crippen LogP contribution in [0.5, 0.6) is 0 Å². The van der Waals surface area contributed by atoms with Crippen molar-refractivity contribution in [1.29, 1.82) is 0 Å². The number of anilines is 1. The Morgan fingerprint density at radius 3 is 2.62 bits per heavy atom. The molecule has 0 aromatic heterocycles. The normalized spacial score (nSPS) is 10.3. The first kappa shape index (κ1) is 12.9. The summed E-state index contributed by atoms with van der Waals surface area (Å²) in [4.78, 5) is 0. The van der Waals surface area contributed by atoms with Crippen molar-refractivity contribution in [1.82, 2.24) is 5.32 Å². The molecular formula is C12H17FN2S. The Morgan fingerprint density at radius 1 is 1.38 bits per heavy atom. The molecule has 0 fully saturated rings. The van der Waals surface area contributed by atoms with Crippen molar-refractivity contribution >= 4 is 23.0 Å². The summed E-state index contributed by atoms with van der Waals surface area (Å²) in [6.45, 7) is 6.85. The van der Waals surface area contributed by atoms with E-state index in [0.29, 0.717) is 16.7 Å². The number of thiocarbonyl (C=S) groups is 1. The summed E-state index contributed by atoms with van der Waals surface area (Å²) >= 11 is 5.10. The van der Waals surface area contributed by atoms with Gasteiger partial charge in [-0.15, -0.1) is 0 Å². The van der Waals surface area contributed by atoms with E-state index >= 15 is 0 Å². The molecule has 4 heteroatoms. The minimum absolute atomic E-state index is 0.255. The smallest absolute Gasteiger partial charge is 0.170 e. The number of hydrogen-bond donors (Lipinski definition) is 2. The number of aryl methyl sites for hydroxylation is 1. The van der Waals surface area contributed by atoms with Crippen LogP contribution in [0.15, 0.2) is 18.2 Å². The van der Waals surface area contributed by atoms with Crippen LogP contribution in [-0.4, -0.2) is 11.7 Å². The molecule has 1 rings (SSSR count). The molecule has 2 nitrogen and oxygen atoms in total. The van der Waals surface area contributed by atoms with Crippen molar-refractivity contribution in [3.8, 4) is 0 Å². The first-order chi connectivity index (χ1) is 7.47. The molecule has 0 amide bonds. The molecule has 1 aromatic carbocycles. The molecule has 0 aliphatic heterocycles. The van der Waals surface area contributed by atoms with E-state index in [0.717, 1.165) is 12.1 Å². The van der Waals surface area contributed by atoms with E-state index in [-0.39, 0.29) is 5.82 Å². The zero-order valence-electron chi connectivity index (χ0n) is 9.80. The van der Waals surface area contributed by atoms with Crippen molar-refractivity contribution in [2.24, 2.45) is 5.92 Å². The van der Waals surface area contributed by atoms with E-state index in [1.165, 1.54) is 12.1 Å². The lowest BCUT2D eigenvalue weighted by Crippen LogP contribution is -2.31. The largest absolute Gasteiger partial charge is 0.362 e. The summed E-state index contributed by atoms with van der Waals surface area (Å²) < 4.78 is 13.1. The second kappa shape index (κ2) is 5.80. The predicted octanol–water partition coefficient (Wildman–Crippen LogP) is 3.08. The van der Waals surface area contributed by atoms with Gasteiger partial charge in [0.15, 0.2) is 5.11 Å². The monoisotopic (exact) mass is 240 g/mol. The zero-order valence-corrected chi connectivity index (χ0v) is 10.6. The van der Waals surface area contributed by atoms with E-state index in [1.807, 2.05) is 13.0 Å². The second-order valence-electron chi connectivity index (χ2n) is 4.25. The van der Waals surface area contributed by atoms with Crippen LogP contribution in [0.2, 0.25) is 0 Å². The Kier molecular flexibility index (Phi) is 4.68. The van der Waals surface area contributed by atoms with Crippen LogP contribution in [0, 0.1) is 18.7 Å². The standard InChI is InChI=1S/C12H17FN2S/c1-8(2)7-14-12(16)15-11-5-9(3)4-10(13)6-11/h4-6,8H,7H2,1-3H3,(H2,14,15,16). The van der Waals surface area contributed by atoms with Crippen molar-refractivity contribution in [3.63, 3.8) is 0 Å². The van der Waals surface area contributed by atoms with Gasteiger partial charge in [0, 0.05) is 12.2 Å². The Labute approximate surface area is 101 Å². The van der Waals surface area contributed by atoms with Gasteiger partial charge in [0.25, 0.3) is 0 Å². The third-order valence-corrected chi connectivity index (χ3v) is 2.22. The summed E-state index contributed by atoms with van der Waals surface area (Å²) in [5.41, 5.74) is 1.55. The molecule has 0 bridgehead atoms. The Balaban J connectivity index is 2.56. The number of hydrogen-bond acceptors (Lipinski definition) is 1. The lowest BCUT2D eigenvalue weighted by Gasteiger charge is -2.12. The molecular weight excluding hydrogens is 223 g/mol. The molecule has 88 valence electrons. The Hall–Kier alpha value is -1.16. The zero-order chi connectivity index (χ0) is 12.1. The fraction of sp³-hybridized carbons (Fsp3) is 0.417. The molecule has 0 aliphatic rings. The van der Waals surface area contributed by atoms with Crippen LogP contribution < -0.4 is 10.6 Å². The molecule has 1 aromatic rings. The lowest BCUT2D eigenvalue weighted by molar-refractivity contribution is 0.625. The van der Waals surface area contributed by atoms with E-state index in [4.69, 9.17) is 12.2 Å². The van der Waals surface area contributed by atoms with Gasteiger partial charge >= 0.3 is 0 Å². The van der Waals surface area contributed by atoms with Gasteiger partial charge in [-0.1, -0.05) is 13.8 Å². The van der Waals surface area contributed by atoms with Gasteiger partial charge in [0.1, 0.15) is 5.82 Å². The van der Waals surface area contributed by atoms with E-state index in [1.54, 1.807) is 0 Å². The number of rotatable bonds is 3. The molecule has 0 unspecified atom stereocenters. The van der Waals surface area contributed by atoms with Gasteiger partial charge in [-0.05, 0) is 48.8 Å². The maximum absolute atomic E-state index is 13.1. The molecule has 2 N–H and O–H groups in total. The maximum atomic E-state index is 13.1. The van der Waals surface area contributed by atoms with Gasteiger partial charge < -0.3 is 10.6 Å². The predicted molar refractivity (Wildman–Crippen MR) is 70.2 cm³/mol. The van der Waals surface area contributed by atoms with Crippen molar-refractivity contribution in [2.75, 3.05) is 11.9 Å². The van der Waals surface area contributed by atoms with Gasteiger partial charge in [-0.25, -0.2) is 4.39 Å². The second-order valence-corrected chi connectivity index (χ2v) is 4.65. The van der Waals surface area contributed by atoms with Crippen molar-refractivity contribution in [2.45, 2.75) is 20.8 Å². The van der Waals surface area contributed by atoms with E-state index < -0.39 is 0 Å². The Morgan fingerprint density at radius 2 is 2.06 bits per heavy atom. The molecule has 0 aliphatic carbocycles. The van der Waals surface area contributed by atoms with Gasteiger partial charge in [-0.2, -0.15) is 0 Å². The number of nitrogens with one attached hydrogen (secondary N) is 2. The summed E-state index contributed by atoms with van der Waals surface area (Å²) in [7, 11) is 0. The first-order valence-electron chi connectivity index (χ1n) is 5.29. The van der Waals surface area contributed by atoms with Gasteiger partial charge in [0.05, 0.1) is 0 Å². The van der Waals surface area contributed by atoms with Crippen LogP contribution in [0.1, 0.15) is 19.4 Å². The van der Waals surface area contributed by atoms with E-state index in [9.17, 15) is 4.39 Å². The van der Waals surface area contributed by atoms with Crippen molar-refractivity contribution in [3.05, 3.63) is 29.6 Å². The SMILES string of the molecule is Cc1cc(F)cc(NC(=S)NCC(C)C)c1. The Bertz CT molecular complexity index is 357. The third-order valence-electron chi connectivity index (χ3n) is 1.97. The number of benzene rings is 1. The van der Waals surface area contributed by atoms with Gasteiger partial charge in [-0.3, -0.25) is 0 Å². The van der Waals surface area contributed by atoms with Crippen LogP contribution in [-0.2, 0) is 0 Å². The average molecular weight is 240 g/mol.